The van der Waals surface area contributed by atoms with Crippen LogP contribution < -0.4 is 4.74 Å². The summed E-state index contributed by atoms with van der Waals surface area (Å²) in [6, 6.07) is 7.21. The van der Waals surface area contributed by atoms with E-state index in [1.165, 1.54) is 34.8 Å². The number of ether oxygens (including phenoxy) is 9. The van der Waals surface area contributed by atoms with Gasteiger partial charge in [0.25, 0.3) is 0 Å². The minimum Gasteiger partial charge on any atom is -0.497 e. The highest BCUT2D eigenvalue weighted by atomic mass is 16.8. The van der Waals surface area contributed by atoms with E-state index < -0.39 is 78.8 Å². The van der Waals surface area contributed by atoms with Gasteiger partial charge in [-0.25, -0.2) is 0 Å². The Labute approximate surface area is 239 Å². The molecule has 0 aliphatic carbocycles. The number of carbonyl (C=O) groups excluding carboxylic acids is 3. The number of hydrogen-bond acceptors (Lipinski definition) is 13. The maximum absolute atomic E-state index is 12.2. The minimum atomic E-state index is -1.80. The minimum absolute atomic E-state index is 0.124. The number of esters is 3. The van der Waals surface area contributed by atoms with Crippen molar-refractivity contribution in [3.63, 3.8) is 0 Å². The third kappa shape index (κ3) is 7.93. The van der Waals surface area contributed by atoms with Crippen LogP contribution in [0.3, 0.4) is 0 Å². The summed E-state index contributed by atoms with van der Waals surface area (Å²) in [7, 11) is 2.98. The van der Waals surface area contributed by atoms with Crippen molar-refractivity contribution in [3.8, 4) is 5.75 Å². The molecule has 0 amide bonds. The van der Waals surface area contributed by atoms with E-state index in [9.17, 15) is 19.5 Å². The summed E-state index contributed by atoms with van der Waals surface area (Å²) in [6.45, 7) is 8.47. The van der Waals surface area contributed by atoms with Crippen molar-refractivity contribution in [1.82, 2.24) is 0 Å². The van der Waals surface area contributed by atoms with E-state index in [1.807, 2.05) is 12.1 Å². The van der Waals surface area contributed by atoms with Crippen molar-refractivity contribution in [2.45, 2.75) is 109 Å². The van der Waals surface area contributed by atoms with Gasteiger partial charge in [0.1, 0.15) is 29.7 Å². The first-order valence-electron chi connectivity index (χ1n) is 13.3. The van der Waals surface area contributed by atoms with E-state index in [0.29, 0.717) is 5.75 Å². The first kappa shape index (κ1) is 32.7. The van der Waals surface area contributed by atoms with Crippen molar-refractivity contribution in [3.05, 3.63) is 29.8 Å². The van der Waals surface area contributed by atoms with Crippen LogP contribution in [0.2, 0.25) is 0 Å². The molecule has 41 heavy (non-hydrogen) atoms. The molecule has 2 heterocycles. The van der Waals surface area contributed by atoms with Crippen LogP contribution in [0.4, 0.5) is 0 Å². The average molecular weight is 585 g/mol. The first-order valence-corrected chi connectivity index (χ1v) is 13.3. The van der Waals surface area contributed by atoms with Crippen molar-refractivity contribution in [1.29, 1.82) is 0 Å². The number of benzene rings is 1. The first-order chi connectivity index (χ1) is 19.3. The highest BCUT2D eigenvalue weighted by Crippen LogP contribution is 2.38. The van der Waals surface area contributed by atoms with Gasteiger partial charge in [-0.3, -0.25) is 14.4 Å². The Hall–Kier alpha value is -2.81. The molecule has 1 aromatic carbocycles. The van der Waals surface area contributed by atoms with Gasteiger partial charge in [0.15, 0.2) is 18.5 Å². The third-order valence-electron chi connectivity index (χ3n) is 6.93. The lowest BCUT2D eigenvalue weighted by Gasteiger charge is -2.51. The maximum Gasteiger partial charge on any atom is 0.305 e. The smallest absolute Gasteiger partial charge is 0.305 e. The quantitative estimate of drug-likeness (QED) is 0.313. The van der Waals surface area contributed by atoms with E-state index in [0.717, 1.165) is 5.56 Å². The molecule has 0 saturated carbocycles. The summed E-state index contributed by atoms with van der Waals surface area (Å²) in [6.07, 6.45) is -9.69. The molecule has 2 fully saturated rings. The molecular formula is C28H40O13. The summed E-state index contributed by atoms with van der Waals surface area (Å²) in [5.41, 5.74) is -0.984. The van der Waals surface area contributed by atoms with Crippen molar-refractivity contribution in [2.24, 2.45) is 0 Å². The summed E-state index contributed by atoms with van der Waals surface area (Å²) < 4.78 is 51.3. The highest BCUT2D eigenvalue weighted by molar-refractivity contribution is 5.67. The number of methoxy groups -OCH3 is 2. The van der Waals surface area contributed by atoms with Crippen molar-refractivity contribution in [2.75, 3.05) is 14.2 Å². The second-order valence-corrected chi connectivity index (χ2v) is 10.2. The Morgan fingerprint density at radius 1 is 0.805 bits per heavy atom. The van der Waals surface area contributed by atoms with Crippen LogP contribution in [-0.2, 0) is 58.9 Å². The molecule has 13 nitrogen and oxygen atoms in total. The predicted molar refractivity (Wildman–Crippen MR) is 139 cm³/mol. The van der Waals surface area contributed by atoms with Crippen LogP contribution >= 0.6 is 0 Å². The van der Waals surface area contributed by atoms with Crippen LogP contribution in [0.1, 0.15) is 47.1 Å². The molecule has 2 aliphatic heterocycles. The molecule has 10 atom stereocenters. The van der Waals surface area contributed by atoms with E-state index in [2.05, 4.69) is 0 Å². The average Bonchev–Trinajstić information content (AvgIpc) is 2.88. The fourth-order valence-corrected chi connectivity index (χ4v) is 5.12. The van der Waals surface area contributed by atoms with Gasteiger partial charge < -0.3 is 47.7 Å². The number of rotatable bonds is 10. The van der Waals surface area contributed by atoms with E-state index in [1.54, 1.807) is 33.1 Å². The summed E-state index contributed by atoms with van der Waals surface area (Å²) in [5, 5.41) is 11.7. The Kier molecular flexibility index (Phi) is 11.1. The van der Waals surface area contributed by atoms with Crippen LogP contribution in [0.25, 0.3) is 0 Å². The molecule has 230 valence electrons. The molecule has 0 aromatic heterocycles. The molecule has 0 radical (unpaired) electrons. The zero-order chi connectivity index (χ0) is 30.5. The molecule has 2 saturated heterocycles. The van der Waals surface area contributed by atoms with Crippen LogP contribution in [-0.4, -0.2) is 98.1 Å². The molecule has 1 N–H and O–H groups in total. The lowest BCUT2D eigenvalue weighted by molar-refractivity contribution is -0.369. The Bertz CT molecular complexity index is 1040. The molecule has 2 aliphatic rings. The van der Waals surface area contributed by atoms with Crippen LogP contribution in [0, 0.1) is 0 Å². The Balaban J connectivity index is 1.90. The monoisotopic (exact) mass is 584 g/mol. The Morgan fingerprint density at radius 3 is 1.93 bits per heavy atom. The molecule has 13 heteroatoms. The molecule has 0 unspecified atom stereocenters. The van der Waals surface area contributed by atoms with Gasteiger partial charge in [0.05, 0.1) is 25.9 Å². The van der Waals surface area contributed by atoms with Gasteiger partial charge >= 0.3 is 17.9 Å². The van der Waals surface area contributed by atoms with E-state index >= 15 is 0 Å². The fourth-order valence-electron chi connectivity index (χ4n) is 5.12. The summed E-state index contributed by atoms with van der Waals surface area (Å²) in [4.78, 5) is 35.9. The molecule has 0 spiro atoms. The van der Waals surface area contributed by atoms with Gasteiger partial charge in [-0.05, 0) is 38.5 Å². The van der Waals surface area contributed by atoms with E-state index in [4.69, 9.17) is 42.6 Å². The SMILES string of the molecule is COc1ccc(CO[C@@H]2[C@@H](C)O[C@@H](O[C@H]3[C@@H](OC)[C@@H](C)O[C@@H](OC(C)=O)[C@@H]3OC(C)=O)[C@@H](OC(C)=O)[C@@]2(C)O)cc1. The second kappa shape index (κ2) is 13.9. The molecule has 1 aromatic rings. The van der Waals surface area contributed by atoms with Crippen LogP contribution in [0.15, 0.2) is 24.3 Å². The zero-order valence-electron chi connectivity index (χ0n) is 24.6. The van der Waals surface area contributed by atoms with Gasteiger partial charge in [-0.2, -0.15) is 0 Å². The maximum atomic E-state index is 12.2. The standard InChI is InChI=1S/C28H40O13/c1-14-21(34-8)22(23(38-16(3)29)26(36-14)40-18(5)31)41-27-25(39-17(4)30)28(6,32)24(15(2)37-27)35-13-19-9-11-20(33-7)12-10-19/h9-12,14-15,21-27,32H,13H2,1-8H3/t14-,15-,21+,22+,23-,24-,25-,26+,27+,28+/m1/s1. The van der Waals surface area contributed by atoms with Crippen molar-refractivity contribution >= 4 is 17.9 Å². The molecule has 3 rings (SSSR count). The van der Waals surface area contributed by atoms with Crippen LogP contribution in [0.5, 0.6) is 5.75 Å². The van der Waals surface area contributed by atoms with Gasteiger partial charge in [-0.15, -0.1) is 0 Å². The summed E-state index contributed by atoms with van der Waals surface area (Å²) >= 11 is 0. The lowest BCUT2D eigenvalue weighted by Crippen LogP contribution is -2.69. The lowest BCUT2D eigenvalue weighted by atomic mass is 9.85. The zero-order valence-corrected chi connectivity index (χ0v) is 24.6. The van der Waals surface area contributed by atoms with Gasteiger partial charge in [0.2, 0.25) is 6.29 Å². The normalized spacial score (nSPS) is 35.3. The largest absolute Gasteiger partial charge is 0.497 e. The summed E-state index contributed by atoms with van der Waals surface area (Å²) in [5.74, 6) is -1.38. The number of carbonyl (C=O) groups is 3. The van der Waals surface area contributed by atoms with Gasteiger partial charge in [-0.1, -0.05) is 12.1 Å². The number of aliphatic hydroxyl groups is 1. The van der Waals surface area contributed by atoms with Crippen molar-refractivity contribution < 1.29 is 62.1 Å². The Morgan fingerprint density at radius 2 is 1.39 bits per heavy atom. The second-order valence-electron chi connectivity index (χ2n) is 10.2. The topological polar surface area (TPSA) is 155 Å². The van der Waals surface area contributed by atoms with Gasteiger partial charge in [0, 0.05) is 27.9 Å². The fraction of sp³-hybridized carbons (Fsp3) is 0.679. The molecule has 0 bridgehead atoms. The third-order valence-corrected chi connectivity index (χ3v) is 6.93. The predicted octanol–water partition coefficient (Wildman–Crippen LogP) is 1.65. The van der Waals surface area contributed by atoms with E-state index in [-0.39, 0.29) is 6.61 Å². The number of hydrogen-bond donors (Lipinski definition) is 1. The highest BCUT2D eigenvalue weighted by Gasteiger charge is 2.58. The molecular weight excluding hydrogens is 544 g/mol.